The third kappa shape index (κ3) is 3.88. The minimum absolute atomic E-state index is 0.770. The molecule has 2 aliphatic rings. The number of piperazine rings is 1. The maximum absolute atomic E-state index is 5.38. The lowest BCUT2D eigenvalue weighted by molar-refractivity contribution is 0.110. The SMILES string of the molecule is COc1ccccc1C=CCN1CCN(C2CCNC2)CC1. The van der Waals surface area contributed by atoms with Gasteiger partial charge in [-0.15, -0.1) is 0 Å². The van der Waals surface area contributed by atoms with Crippen LogP contribution < -0.4 is 10.1 Å². The van der Waals surface area contributed by atoms with Crippen LogP contribution in [0.25, 0.3) is 6.08 Å². The quantitative estimate of drug-likeness (QED) is 0.896. The first-order valence-electron chi connectivity index (χ1n) is 8.33. The fourth-order valence-electron chi connectivity index (χ4n) is 3.40. The molecular weight excluding hydrogens is 274 g/mol. The van der Waals surface area contributed by atoms with Gasteiger partial charge < -0.3 is 10.1 Å². The van der Waals surface area contributed by atoms with Gasteiger partial charge in [0.25, 0.3) is 0 Å². The van der Waals surface area contributed by atoms with Gasteiger partial charge in [-0.05, 0) is 19.0 Å². The number of hydrogen-bond donors (Lipinski definition) is 1. The van der Waals surface area contributed by atoms with Gasteiger partial charge in [-0.1, -0.05) is 30.4 Å². The highest BCUT2D eigenvalue weighted by Gasteiger charge is 2.25. The molecule has 1 aromatic carbocycles. The van der Waals surface area contributed by atoms with Crippen molar-refractivity contribution in [3.8, 4) is 5.75 Å². The summed E-state index contributed by atoms with van der Waals surface area (Å²) in [5.74, 6) is 0.942. The summed E-state index contributed by atoms with van der Waals surface area (Å²) < 4.78 is 5.38. The fraction of sp³-hybridized carbons (Fsp3) is 0.556. The number of ether oxygens (including phenoxy) is 1. The molecule has 22 heavy (non-hydrogen) atoms. The van der Waals surface area contributed by atoms with Gasteiger partial charge in [-0.2, -0.15) is 0 Å². The first kappa shape index (κ1) is 15.5. The lowest BCUT2D eigenvalue weighted by Crippen LogP contribution is -2.50. The molecule has 0 spiro atoms. The molecule has 0 saturated carbocycles. The highest BCUT2D eigenvalue weighted by molar-refractivity contribution is 5.57. The van der Waals surface area contributed by atoms with E-state index in [2.05, 4.69) is 39.4 Å². The summed E-state index contributed by atoms with van der Waals surface area (Å²) in [7, 11) is 1.73. The molecule has 3 rings (SSSR count). The molecule has 4 heteroatoms. The molecule has 0 radical (unpaired) electrons. The zero-order valence-corrected chi connectivity index (χ0v) is 13.5. The summed E-state index contributed by atoms with van der Waals surface area (Å²) >= 11 is 0. The van der Waals surface area contributed by atoms with Crippen LogP contribution in [-0.4, -0.2) is 68.8 Å². The molecule has 0 amide bonds. The molecular formula is C18H27N3O. The highest BCUT2D eigenvalue weighted by atomic mass is 16.5. The van der Waals surface area contributed by atoms with E-state index in [0.717, 1.165) is 23.9 Å². The van der Waals surface area contributed by atoms with Crippen LogP contribution in [0, 0.1) is 0 Å². The van der Waals surface area contributed by atoms with Gasteiger partial charge in [0.05, 0.1) is 7.11 Å². The van der Waals surface area contributed by atoms with Gasteiger partial charge in [0.15, 0.2) is 0 Å². The average Bonchev–Trinajstić information content (AvgIpc) is 3.10. The van der Waals surface area contributed by atoms with Crippen LogP contribution in [-0.2, 0) is 0 Å². The zero-order chi connectivity index (χ0) is 15.2. The number of rotatable bonds is 5. The summed E-state index contributed by atoms with van der Waals surface area (Å²) in [6.07, 6.45) is 5.74. The predicted molar refractivity (Wildman–Crippen MR) is 91.3 cm³/mol. The van der Waals surface area contributed by atoms with Crippen LogP contribution in [0.2, 0.25) is 0 Å². The molecule has 1 atom stereocenters. The van der Waals surface area contributed by atoms with E-state index in [0.29, 0.717) is 0 Å². The maximum atomic E-state index is 5.38. The Labute approximate surface area is 133 Å². The number of methoxy groups -OCH3 is 1. The lowest BCUT2D eigenvalue weighted by Gasteiger charge is -2.37. The van der Waals surface area contributed by atoms with Crippen molar-refractivity contribution in [1.29, 1.82) is 0 Å². The second-order valence-electron chi connectivity index (χ2n) is 6.13. The smallest absolute Gasteiger partial charge is 0.126 e. The monoisotopic (exact) mass is 301 g/mol. The molecule has 4 nitrogen and oxygen atoms in total. The van der Waals surface area contributed by atoms with Crippen molar-refractivity contribution in [1.82, 2.24) is 15.1 Å². The van der Waals surface area contributed by atoms with Gasteiger partial charge in [0.2, 0.25) is 0 Å². The number of benzene rings is 1. The largest absolute Gasteiger partial charge is 0.496 e. The molecule has 0 aromatic heterocycles. The first-order valence-corrected chi connectivity index (χ1v) is 8.33. The summed E-state index contributed by atoms with van der Waals surface area (Å²) in [5.41, 5.74) is 1.15. The minimum atomic E-state index is 0.770. The summed E-state index contributed by atoms with van der Waals surface area (Å²) in [6, 6.07) is 8.93. The molecule has 1 N–H and O–H groups in total. The van der Waals surface area contributed by atoms with Crippen molar-refractivity contribution in [3.63, 3.8) is 0 Å². The Hall–Kier alpha value is -1.36. The Morgan fingerprint density at radius 2 is 2.05 bits per heavy atom. The third-order valence-electron chi connectivity index (χ3n) is 4.76. The summed E-state index contributed by atoms with van der Waals surface area (Å²) in [6.45, 7) is 8.14. The van der Waals surface area contributed by atoms with Crippen LogP contribution >= 0.6 is 0 Å². The molecule has 0 bridgehead atoms. The highest BCUT2D eigenvalue weighted by Crippen LogP contribution is 2.18. The van der Waals surface area contributed by atoms with E-state index in [1.54, 1.807) is 7.11 Å². The van der Waals surface area contributed by atoms with Crippen molar-refractivity contribution in [2.45, 2.75) is 12.5 Å². The van der Waals surface area contributed by atoms with Crippen LogP contribution in [0.3, 0.4) is 0 Å². The van der Waals surface area contributed by atoms with E-state index in [4.69, 9.17) is 4.74 Å². The summed E-state index contributed by atoms with van der Waals surface area (Å²) in [4.78, 5) is 5.19. The zero-order valence-electron chi connectivity index (χ0n) is 13.5. The minimum Gasteiger partial charge on any atom is -0.496 e. The molecule has 2 aliphatic heterocycles. The van der Waals surface area contributed by atoms with Crippen LogP contribution in [0.5, 0.6) is 5.75 Å². The Morgan fingerprint density at radius 1 is 1.23 bits per heavy atom. The Morgan fingerprint density at radius 3 is 2.77 bits per heavy atom. The van der Waals surface area contributed by atoms with E-state index in [-0.39, 0.29) is 0 Å². The van der Waals surface area contributed by atoms with Crippen molar-refractivity contribution in [3.05, 3.63) is 35.9 Å². The number of para-hydroxylation sites is 1. The average molecular weight is 301 g/mol. The van der Waals surface area contributed by atoms with Gasteiger partial charge in [-0.3, -0.25) is 9.80 Å². The van der Waals surface area contributed by atoms with Crippen molar-refractivity contribution >= 4 is 6.08 Å². The Bertz CT molecular complexity index is 489. The molecule has 2 heterocycles. The maximum Gasteiger partial charge on any atom is 0.126 e. The van der Waals surface area contributed by atoms with Crippen molar-refractivity contribution in [2.24, 2.45) is 0 Å². The third-order valence-corrected chi connectivity index (χ3v) is 4.76. The molecule has 120 valence electrons. The predicted octanol–water partition coefficient (Wildman–Crippen LogP) is 1.69. The fourth-order valence-corrected chi connectivity index (χ4v) is 3.40. The molecule has 2 fully saturated rings. The summed E-state index contributed by atoms with van der Waals surface area (Å²) in [5, 5.41) is 3.47. The number of hydrogen-bond acceptors (Lipinski definition) is 4. The molecule has 0 aliphatic carbocycles. The Kier molecular flexibility index (Phi) is 5.48. The topological polar surface area (TPSA) is 27.7 Å². The van der Waals surface area contributed by atoms with Gasteiger partial charge in [0, 0.05) is 50.9 Å². The molecule has 1 unspecified atom stereocenters. The second kappa shape index (κ2) is 7.77. The van der Waals surface area contributed by atoms with E-state index >= 15 is 0 Å². The van der Waals surface area contributed by atoms with Crippen LogP contribution in [0.1, 0.15) is 12.0 Å². The normalized spacial score (nSPS) is 24.1. The van der Waals surface area contributed by atoms with E-state index in [1.807, 2.05) is 12.1 Å². The van der Waals surface area contributed by atoms with E-state index in [9.17, 15) is 0 Å². The van der Waals surface area contributed by atoms with Crippen molar-refractivity contribution in [2.75, 3.05) is 52.9 Å². The van der Waals surface area contributed by atoms with E-state index < -0.39 is 0 Å². The van der Waals surface area contributed by atoms with Crippen LogP contribution in [0.15, 0.2) is 30.3 Å². The van der Waals surface area contributed by atoms with Gasteiger partial charge in [0.1, 0.15) is 5.75 Å². The number of nitrogens with one attached hydrogen (secondary N) is 1. The van der Waals surface area contributed by atoms with Crippen molar-refractivity contribution < 1.29 is 4.74 Å². The second-order valence-corrected chi connectivity index (χ2v) is 6.13. The van der Waals surface area contributed by atoms with Gasteiger partial charge >= 0.3 is 0 Å². The Balaban J connectivity index is 1.45. The molecule has 1 aromatic rings. The van der Waals surface area contributed by atoms with Gasteiger partial charge in [-0.25, -0.2) is 0 Å². The molecule has 2 saturated heterocycles. The number of nitrogens with zero attached hydrogens (tertiary/aromatic N) is 2. The standard InChI is InChI=1S/C18H27N3O/c1-22-18-7-3-2-5-16(18)6-4-10-20-11-13-21(14-12-20)17-8-9-19-15-17/h2-7,17,19H,8-15H2,1H3. The van der Waals surface area contributed by atoms with Crippen LogP contribution in [0.4, 0.5) is 0 Å². The first-order chi connectivity index (χ1) is 10.9. The van der Waals surface area contributed by atoms with E-state index in [1.165, 1.54) is 45.7 Å². The lowest BCUT2D eigenvalue weighted by atomic mass is 10.1.